The summed E-state index contributed by atoms with van der Waals surface area (Å²) in [4.78, 5) is 15.2. The van der Waals surface area contributed by atoms with Crippen LogP contribution < -0.4 is 14.8 Å². The molecule has 1 heterocycles. The second-order valence-electron chi connectivity index (χ2n) is 10.4. The lowest BCUT2D eigenvalue weighted by Gasteiger charge is -2.58. The Labute approximate surface area is 185 Å². The number of aliphatic hydroxyl groups is 1. The Balaban J connectivity index is 1.19. The van der Waals surface area contributed by atoms with Crippen LogP contribution in [-0.2, 0) is 11.3 Å². The molecule has 0 radical (unpaired) electrons. The summed E-state index contributed by atoms with van der Waals surface area (Å²) in [6.45, 7) is 4.45. The van der Waals surface area contributed by atoms with Gasteiger partial charge in [0.1, 0.15) is 17.6 Å². The number of rotatable bonds is 6. The maximum absolute atomic E-state index is 12.9. The SMILES string of the molecule is CCC1CN(CCC(=O)NC2C3CC4CC2CC(O)(C4)C3)Cc2cc(OC)ccc2O1. The molecule has 2 N–H and O–H groups in total. The van der Waals surface area contributed by atoms with Crippen LogP contribution >= 0.6 is 0 Å². The summed E-state index contributed by atoms with van der Waals surface area (Å²) in [7, 11) is 1.68. The molecule has 5 aliphatic rings. The Bertz CT molecular complexity index is 812. The normalized spacial score (nSPS) is 36.4. The molecule has 6 heteroatoms. The largest absolute Gasteiger partial charge is 0.497 e. The summed E-state index contributed by atoms with van der Waals surface area (Å²) < 4.78 is 11.6. The zero-order chi connectivity index (χ0) is 21.6. The molecule has 1 aromatic carbocycles. The van der Waals surface area contributed by atoms with Gasteiger partial charge in [-0.1, -0.05) is 6.92 Å². The van der Waals surface area contributed by atoms with Crippen molar-refractivity contribution < 1.29 is 19.4 Å². The summed E-state index contributed by atoms with van der Waals surface area (Å²) in [5, 5.41) is 14.1. The third-order valence-corrected chi connectivity index (χ3v) is 8.10. The minimum Gasteiger partial charge on any atom is -0.497 e. The van der Waals surface area contributed by atoms with Crippen molar-refractivity contribution in [2.75, 3.05) is 20.2 Å². The Morgan fingerprint density at radius 2 is 2.06 bits per heavy atom. The topological polar surface area (TPSA) is 71.0 Å². The number of methoxy groups -OCH3 is 1. The van der Waals surface area contributed by atoms with Gasteiger partial charge in [0.05, 0.1) is 12.7 Å². The Kier molecular flexibility index (Phi) is 5.63. The number of nitrogens with zero attached hydrogens (tertiary/aromatic N) is 1. The number of benzene rings is 1. The van der Waals surface area contributed by atoms with Gasteiger partial charge in [-0.05, 0) is 74.5 Å². The van der Waals surface area contributed by atoms with Gasteiger partial charge in [0.15, 0.2) is 0 Å². The fourth-order valence-corrected chi connectivity index (χ4v) is 6.85. The van der Waals surface area contributed by atoms with Crippen molar-refractivity contribution in [2.24, 2.45) is 17.8 Å². The van der Waals surface area contributed by atoms with E-state index in [-0.39, 0.29) is 18.1 Å². The van der Waals surface area contributed by atoms with Gasteiger partial charge in [0, 0.05) is 37.7 Å². The van der Waals surface area contributed by atoms with Gasteiger partial charge < -0.3 is 19.9 Å². The van der Waals surface area contributed by atoms with Crippen molar-refractivity contribution in [3.63, 3.8) is 0 Å². The van der Waals surface area contributed by atoms with Crippen molar-refractivity contribution in [1.29, 1.82) is 0 Å². The number of carbonyl (C=O) groups is 1. The van der Waals surface area contributed by atoms with Crippen molar-refractivity contribution in [3.05, 3.63) is 23.8 Å². The lowest BCUT2D eigenvalue weighted by Crippen LogP contribution is -2.61. The molecular formula is C25H36N2O4. The third kappa shape index (κ3) is 4.29. The molecule has 31 heavy (non-hydrogen) atoms. The van der Waals surface area contributed by atoms with Crippen LogP contribution in [-0.4, -0.2) is 53.9 Å². The summed E-state index contributed by atoms with van der Waals surface area (Å²) in [6.07, 6.45) is 6.61. The fourth-order valence-electron chi connectivity index (χ4n) is 6.85. The molecule has 0 spiro atoms. The van der Waals surface area contributed by atoms with E-state index in [0.717, 1.165) is 62.4 Å². The van der Waals surface area contributed by atoms with Crippen LogP contribution in [0.4, 0.5) is 0 Å². The number of hydrogen-bond acceptors (Lipinski definition) is 5. The lowest BCUT2D eigenvalue weighted by atomic mass is 9.52. The quantitative estimate of drug-likeness (QED) is 0.729. The molecule has 1 aliphatic heterocycles. The first-order valence-corrected chi connectivity index (χ1v) is 12.0. The number of ether oxygens (including phenoxy) is 2. The highest BCUT2D eigenvalue weighted by atomic mass is 16.5. The molecule has 0 saturated heterocycles. The summed E-state index contributed by atoms with van der Waals surface area (Å²) in [5.41, 5.74) is 0.665. The van der Waals surface area contributed by atoms with Gasteiger partial charge in [-0.25, -0.2) is 0 Å². The van der Waals surface area contributed by atoms with E-state index in [1.165, 1.54) is 12.8 Å². The molecule has 4 fully saturated rings. The lowest BCUT2D eigenvalue weighted by molar-refractivity contribution is -0.146. The van der Waals surface area contributed by atoms with E-state index in [1.807, 2.05) is 18.2 Å². The zero-order valence-electron chi connectivity index (χ0n) is 18.8. The standard InChI is InChI=1S/C25H36N2O4/c1-3-20-15-27(14-19-10-21(30-2)4-5-22(19)31-20)7-6-23(28)26-24-17-8-16-9-18(24)13-25(29,11-16)12-17/h4-5,10,16-18,20,24,29H,3,6-9,11-15H2,1-2H3,(H,26,28). The number of nitrogens with one attached hydrogen (secondary N) is 1. The van der Waals surface area contributed by atoms with Gasteiger partial charge in [-0.2, -0.15) is 0 Å². The number of carbonyl (C=O) groups excluding carboxylic acids is 1. The summed E-state index contributed by atoms with van der Waals surface area (Å²) >= 11 is 0. The minimum atomic E-state index is -0.451. The van der Waals surface area contributed by atoms with Crippen LogP contribution in [0.3, 0.4) is 0 Å². The number of fused-ring (bicyclic) bond motifs is 1. The van der Waals surface area contributed by atoms with Crippen LogP contribution in [0.25, 0.3) is 0 Å². The van der Waals surface area contributed by atoms with Gasteiger partial charge in [-0.3, -0.25) is 9.69 Å². The Hall–Kier alpha value is -1.79. The highest BCUT2D eigenvalue weighted by molar-refractivity contribution is 5.76. The van der Waals surface area contributed by atoms with Crippen molar-refractivity contribution in [2.45, 2.75) is 76.2 Å². The molecule has 1 amide bonds. The molecule has 6 nitrogen and oxygen atoms in total. The van der Waals surface area contributed by atoms with Crippen LogP contribution in [0.1, 0.15) is 57.4 Å². The van der Waals surface area contributed by atoms with E-state index in [9.17, 15) is 9.90 Å². The average molecular weight is 429 g/mol. The van der Waals surface area contributed by atoms with Gasteiger partial charge in [-0.15, -0.1) is 0 Å². The molecule has 1 aromatic rings. The van der Waals surface area contributed by atoms with E-state index in [1.54, 1.807) is 7.11 Å². The maximum Gasteiger partial charge on any atom is 0.221 e. The summed E-state index contributed by atoms with van der Waals surface area (Å²) in [5.74, 6) is 3.47. The monoisotopic (exact) mass is 428 g/mol. The Morgan fingerprint density at radius 3 is 2.74 bits per heavy atom. The van der Waals surface area contributed by atoms with E-state index in [2.05, 4.69) is 17.1 Å². The van der Waals surface area contributed by atoms with Crippen LogP contribution in [0, 0.1) is 17.8 Å². The minimum absolute atomic E-state index is 0.128. The molecule has 4 saturated carbocycles. The van der Waals surface area contributed by atoms with Crippen LogP contribution in [0.5, 0.6) is 11.5 Å². The first-order chi connectivity index (χ1) is 14.9. The van der Waals surface area contributed by atoms with Gasteiger partial charge >= 0.3 is 0 Å². The van der Waals surface area contributed by atoms with Gasteiger partial charge in [0.2, 0.25) is 5.91 Å². The highest BCUT2D eigenvalue weighted by Crippen LogP contribution is 2.55. The average Bonchev–Trinajstić information content (AvgIpc) is 2.91. The Morgan fingerprint density at radius 1 is 1.29 bits per heavy atom. The first-order valence-electron chi connectivity index (χ1n) is 12.0. The molecule has 4 aliphatic carbocycles. The third-order valence-electron chi connectivity index (χ3n) is 8.10. The maximum atomic E-state index is 12.9. The second kappa shape index (κ2) is 8.28. The highest BCUT2D eigenvalue weighted by Gasteiger charge is 2.54. The van der Waals surface area contributed by atoms with E-state index < -0.39 is 5.60 Å². The van der Waals surface area contributed by atoms with Crippen molar-refractivity contribution >= 4 is 5.91 Å². The molecule has 4 bridgehead atoms. The molecule has 0 aromatic heterocycles. The van der Waals surface area contributed by atoms with Gasteiger partial charge in [0.25, 0.3) is 0 Å². The van der Waals surface area contributed by atoms with Crippen molar-refractivity contribution in [1.82, 2.24) is 10.2 Å². The summed E-state index contributed by atoms with van der Waals surface area (Å²) in [6, 6.07) is 6.23. The second-order valence-corrected chi connectivity index (χ2v) is 10.4. The molecular weight excluding hydrogens is 392 g/mol. The fraction of sp³-hybridized carbons (Fsp3) is 0.720. The van der Waals surface area contributed by atoms with E-state index >= 15 is 0 Å². The predicted octanol–water partition coefficient (Wildman–Crippen LogP) is 3.11. The zero-order valence-corrected chi connectivity index (χ0v) is 18.8. The molecule has 3 unspecified atom stereocenters. The van der Waals surface area contributed by atoms with E-state index in [0.29, 0.717) is 24.2 Å². The predicted molar refractivity (Wildman–Crippen MR) is 118 cm³/mol. The number of hydrogen-bond donors (Lipinski definition) is 2. The first kappa shape index (κ1) is 21.1. The van der Waals surface area contributed by atoms with Crippen LogP contribution in [0.15, 0.2) is 18.2 Å². The van der Waals surface area contributed by atoms with Crippen LogP contribution in [0.2, 0.25) is 0 Å². The molecule has 3 atom stereocenters. The number of amides is 1. The molecule has 170 valence electrons. The van der Waals surface area contributed by atoms with E-state index in [4.69, 9.17) is 9.47 Å². The smallest absolute Gasteiger partial charge is 0.221 e. The molecule has 6 rings (SSSR count). The van der Waals surface area contributed by atoms with Crippen molar-refractivity contribution in [3.8, 4) is 11.5 Å².